The average Bonchev–Trinajstić information content (AvgIpc) is 2.27. The van der Waals surface area contributed by atoms with Gasteiger partial charge in [-0.05, 0) is 57.6 Å². The van der Waals surface area contributed by atoms with Crippen LogP contribution in [0.3, 0.4) is 0 Å². The Bertz CT molecular complexity index is 274. The van der Waals surface area contributed by atoms with Gasteiger partial charge in [0.05, 0.1) is 5.76 Å². The Morgan fingerprint density at radius 1 is 0.867 bits per heavy atom. The summed E-state index contributed by atoms with van der Waals surface area (Å²) in [6.07, 6.45) is 6.81. The van der Waals surface area contributed by atoms with Gasteiger partial charge in [-0.25, -0.2) is 0 Å². The Balaban J connectivity index is 2.83. The summed E-state index contributed by atoms with van der Waals surface area (Å²) >= 11 is 0. The first-order chi connectivity index (χ1) is 7.04. The second kappa shape index (κ2) is 5.39. The molecule has 0 aromatic carbocycles. The lowest BCUT2D eigenvalue weighted by Gasteiger charge is -2.24. The maximum atomic E-state index is 9.48. The summed E-state index contributed by atoms with van der Waals surface area (Å²) in [5.41, 5.74) is 3.83. The van der Waals surface area contributed by atoms with Crippen molar-refractivity contribution in [3.05, 3.63) is 22.5 Å². The third-order valence-electron chi connectivity index (χ3n) is 3.91. The van der Waals surface area contributed by atoms with E-state index in [9.17, 15) is 5.11 Å². The SMILES string of the molecule is C/C(O)=C(C)/C(C)=C(/C)C1CCCCC1. The smallest absolute Gasteiger partial charge is 0.0923 e. The molecule has 0 aromatic heterocycles. The van der Waals surface area contributed by atoms with E-state index in [1.807, 2.05) is 6.92 Å². The Morgan fingerprint density at radius 3 is 1.87 bits per heavy atom. The van der Waals surface area contributed by atoms with E-state index in [1.54, 1.807) is 6.92 Å². The fraction of sp³-hybridized carbons (Fsp3) is 0.714. The van der Waals surface area contributed by atoms with Crippen molar-refractivity contribution < 1.29 is 5.11 Å². The van der Waals surface area contributed by atoms with E-state index in [4.69, 9.17) is 0 Å². The first kappa shape index (κ1) is 12.4. The van der Waals surface area contributed by atoms with E-state index in [0.717, 1.165) is 11.5 Å². The lowest BCUT2D eigenvalue weighted by molar-refractivity contribution is 0.397. The molecular weight excluding hydrogens is 184 g/mol. The van der Waals surface area contributed by atoms with Crippen molar-refractivity contribution >= 4 is 0 Å². The number of rotatable bonds is 2. The van der Waals surface area contributed by atoms with E-state index in [1.165, 1.54) is 43.3 Å². The summed E-state index contributed by atoms with van der Waals surface area (Å²) in [5, 5.41) is 9.48. The summed E-state index contributed by atoms with van der Waals surface area (Å²) in [5.74, 6) is 1.22. The molecule has 86 valence electrons. The van der Waals surface area contributed by atoms with Gasteiger partial charge in [0.1, 0.15) is 0 Å². The van der Waals surface area contributed by atoms with Crippen LogP contribution in [0, 0.1) is 5.92 Å². The minimum Gasteiger partial charge on any atom is -0.512 e. The summed E-state index contributed by atoms with van der Waals surface area (Å²) < 4.78 is 0. The van der Waals surface area contributed by atoms with Crippen LogP contribution in [0.5, 0.6) is 0 Å². The topological polar surface area (TPSA) is 20.2 Å². The zero-order valence-corrected chi connectivity index (χ0v) is 10.6. The van der Waals surface area contributed by atoms with Crippen molar-refractivity contribution in [2.45, 2.75) is 59.8 Å². The summed E-state index contributed by atoms with van der Waals surface area (Å²) in [6.45, 7) is 8.15. The van der Waals surface area contributed by atoms with Crippen molar-refractivity contribution in [1.29, 1.82) is 0 Å². The van der Waals surface area contributed by atoms with Gasteiger partial charge in [0.25, 0.3) is 0 Å². The second-order valence-electron chi connectivity index (χ2n) is 4.85. The molecule has 0 aliphatic heterocycles. The van der Waals surface area contributed by atoms with Gasteiger partial charge in [0, 0.05) is 0 Å². The Morgan fingerprint density at radius 2 is 1.40 bits per heavy atom. The molecule has 1 saturated carbocycles. The van der Waals surface area contributed by atoms with Crippen molar-refractivity contribution in [3.8, 4) is 0 Å². The van der Waals surface area contributed by atoms with Crippen LogP contribution in [0.25, 0.3) is 0 Å². The Kier molecular flexibility index (Phi) is 4.44. The molecular formula is C14H24O. The van der Waals surface area contributed by atoms with E-state index >= 15 is 0 Å². The predicted molar refractivity (Wildman–Crippen MR) is 66.0 cm³/mol. The van der Waals surface area contributed by atoms with Crippen LogP contribution in [-0.2, 0) is 0 Å². The van der Waals surface area contributed by atoms with Gasteiger partial charge >= 0.3 is 0 Å². The molecule has 1 aliphatic carbocycles. The summed E-state index contributed by atoms with van der Waals surface area (Å²) in [6, 6.07) is 0. The molecule has 1 aliphatic rings. The van der Waals surface area contributed by atoms with Crippen LogP contribution in [0.4, 0.5) is 0 Å². The zero-order chi connectivity index (χ0) is 11.4. The van der Waals surface area contributed by atoms with Crippen molar-refractivity contribution in [3.63, 3.8) is 0 Å². The molecule has 15 heavy (non-hydrogen) atoms. The molecule has 1 N–H and O–H groups in total. The molecule has 1 rings (SSSR count). The molecule has 0 heterocycles. The Labute approximate surface area is 93.9 Å². The Hall–Kier alpha value is -0.720. The fourth-order valence-corrected chi connectivity index (χ4v) is 2.41. The molecule has 0 spiro atoms. The molecule has 1 nitrogen and oxygen atoms in total. The van der Waals surface area contributed by atoms with Crippen LogP contribution in [0.1, 0.15) is 59.8 Å². The molecule has 0 radical (unpaired) electrons. The molecule has 0 saturated heterocycles. The van der Waals surface area contributed by atoms with E-state index in [0.29, 0.717) is 5.76 Å². The molecule has 0 amide bonds. The number of hydrogen-bond donors (Lipinski definition) is 1. The summed E-state index contributed by atoms with van der Waals surface area (Å²) in [7, 11) is 0. The van der Waals surface area contributed by atoms with Crippen LogP contribution < -0.4 is 0 Å². The zero-order valence-electron chi connectivity index (χ0n) is 10.6. The number of aliphatic hydroxyl groups is 1. The lowest BCUT2D eigenvalue weighted by Crippen LogP contribution is -2.09. The molecule has 0 unspecified atom stereocenters. The van der Waals surface area contributed by atoms with Gasteiger partial charge in [0.15, 0.2) is 0 Å². The van der Waals surface area contributed by atoms with Gasteiger partial charge in [-0.3, -0.25) is 0 Å². The normalized spacial score (nSPS) is 22.1. The molecule has 0 atom stereocenters. The van der Waals surface area contributed by atoms with Gasteiger partial charge in [-0.15, -0.1) is 0 Å². The highest BCUT2D eigenvalue weighted by Gasteiger charge is 2.17. The highest BCUT2D eigenvalue weighted by atomic mass is 16.3. The van der Waals surface area contributed by atoms with E-state index < -0.39 is 0 Å². The maximum Gasteiger partial charge on any atom is 0.0923 e. The average molecular weight is 208 g/mol. The minimum absolute atomic E-state index is 0.461. The van der Waals surface area contributed by atoms with E-state index in [-0.39, 0.29) is 0 Å². The maximum absolute atomic E-state index is 9.48. The number of allylic oxidation sites excluding steroid dienone is 4. The van der Waals surface area contributed by atoms with Gasteiger partial charge < -0.3 is 5.11 Å². The largest absolute Gasteiger partial charge is 0.512 e. The van der Waals surface area contributed by atoms with Crippen LogP contribution in [0.15, 0.2) is 22.5 Å². The standard InChI is InChI=1S/C14H24O/c1-10(11(2)13(4)15)12(3)14-8-6-5-7-9-14/h14-15H,5-9H2,1-4H3/b12-10-,13-11-. The first-order valence-electron chi connectivity index (χ1n) is 6.08. The van der Waals surface area contributed by atoms with Gasteiger partial charge in [-0.2, -0.15) is 0 Å². The lowest BCUT2D eigenvalue weighted by atomic mass is 9.81. The fourth-order valence-electron chi connectivity index (χ4n) is 2.41. The van der Waals surface area contributed by atoms with E-state index in [2.05, 4.69) is 13.8 Å². The van der Waals surface area contributed by atoms with Crippen LogP contribution >= 0.6 is 0 Å². The van der Waals surface area contributed by atoms with Gasteiger partial charge in [0.2, 0.25) is 0 Å². The minimum atomic E-state index is 0.461. The number of aliphatic hydroxyl groups excluding tert-OH is 1. The third kappa shape index (κ3) is 3.12. The quantitative estimate of drug-likeness (QED) is 0.512. The number of hydrogen-bond acceptors (Lipinski definition) is 1. The third-order valence-corrected chi connectivity index (χ3v) is 3.91. The molecule has 1 heteroatoms. The summed E-state index contributed by atoms with van der Waals surface area (Å²) in [4.78, 5) is 0. The molecule has 1 fully saturated rings. The molecule has 0 bridgehead atoms. The molecule has 0 aromatic rings. The monoisotopic (exact) mass is 208 g/mol. The van der Waals surface area contributed by atoms with Crippen LogP contribution in [-0.4, -0.2) is 5.11 Å². The second-order valence-corrected chi connectivity index (χ2v) is 4.85. The van der Waals surface area contributed by atoms with Crippen molar-refractivity contribution in [2.75, 3.05) is 0 Å². The van der Waals surface area contributed by atoms with Crippen molar-refractivity contribution in [2.24, 2.45) is 5.92 Å². The van der Waals surface area contributed by atoms with Gasteiger partial charge in [-0.1, -0.05) is 24.8 Å². The predicted octanol–water partition coefficient (Wildman–Crippen LogP) is 4.76. The van der Waals surface area contributed by atoms with Crippen LogP contribution in [0.2, 0.25) is 0 Å². The first-order valence-corrected chi connectivity index (χ1v) is 6.08. The van der Waals surface area contributed by atoms with Crippen molar-refractivity contribution in [1.82, 2.24) is 0 Å². The highest BCUT2D eigenvalue weighted by molar-refractivity contribution is 5.33. The highest BCUT2D eigenvalue weighted by Crippen LogP contribution is 2.32.